The number of rotatable bonds is 5. The standard InChI is InChI=1S/C12H22N6/c1-3-4-5-13-11-10-14-16-12(15-11)18-8-6-17(2)7-9-18/h10H,3-9H2,1-2H3,(H,13,15,16). The van der Waals surface area contributed by atoms with Crippen LogP contribution < -0.4 is 10.2 Å². The van der Waals surface area contributed by atoms with Crippen LogP contribution in [0.25, 0.3) is 0 Å². The van der Waals surface area contributed by atoms with E-state index in [1.165, 1.54) is 6.42 Å². The molecule has 1 aliphatic rings. The molecule has 2 rings (SSSR count). The average molecular weight is 250 g/mol. The molecule has 0 amide bonds. The fraction of sp³-hybridized carbons (Fsp3) is 0.750. The van der Waals surface area contributed by atoms with Crippen molar-refractivity contribution in [3.63, 3.8) is 0 Å². The lowest BCUT2D eigenvalue weighted by Crippen LogP contribution is -2.45. The molecule has 2 heterocycles. The fourth-order valence-electron chi connectivity index (χ4n) is 1.91. The predicted molar refractivity (Wildman–Crippen MR) is 72.9 cm³/mol. The number of unbranched alkanes of at least 4 members (excludes halogenated alkanes) is 1. The van der Waals surface area contributed by atoms with Gasteiger partial charge in [0.1, 0.15) is 0 Å². The molecule has 6 nitrogen and oxygen atoms in total. The Bertz CT molecular complexity index is 361. The minimum absolute atomic E-state index is 0.740. The van der Waals surface area contributed by atoms with Crippen molar-refractivity contribution in [1.29, 1.82) is 0 Å². The van der Waals surface area contributed by atoms with Crippen molar-refractivity contribution in [3.8, 4) is 0 Å². The molecular formula is C12H22N6. The van der Waals surface area contributed by atoms with E-state index >= 15 is 0 Å². The first-order valence-electron chi connectivity index (χ1n) is 6.66. The van der Waals surface area contributed by atoms with Crippen LogP contribution in [0.15, 0.2) is 6.20 Å². The summed E-state index contributed by atoms with van der Waals surface area (Å²) in [6.45, 7) is 7.16. The largest absolute Gasteiger partial charge is 0.369 e. The van der Waals surface area contributed by atoms with Gasteiger partial charge in [-0.1, -0.05) is 13.3 Å². The summed E-state index contributed by atoms with van der Waals surface area (Å²) in [7, 11) is 2.14. The van der Waals surface area contributed by atoms with Crippen LogP contribution in [0.2, 0.25) is 0 Å². The van der Waals surface area contributed by atoms with Gasteiger partial charge in [0, 0.05) is 32.7 Å². The maximum Gasteiger partial charge on any atom is 0.247 e. The molecule has 1 N–H and O–H groups in total. The van der Waals surface area contributed by atoms with Crippen molar-refractivity contribution in [2.24, 2.45) is 0 Å². The molecule has 1 aromatic rings. The van der Waals surface area contributed by atoms with Gasteiger partial charge in [-0.05, 0) is 13.5 Å². The van der Waals surface area contributed by atoms with Crippen LogP contribution in [0.3, 0.4) is 0 Å². The number of anilines is 2. The van der Waals surface area contributed by atoms with Crippen LogP contribution in [-0.4, -0.2) is 59.9 Å². The lowest BCUT2D eigenvalue weighted by molar-refractivity contribution is 0.311. The zero-order valence-corrected chi connectivity index (χ0v) is 11.3. The van der Waals surface area contributed by atoms with Gasteiger partial charge in [-0.15, -0.1) is 5.10 Å². The lowest BCUT2D eigenvalue weighted by Gasteiger charge is -2.32. The Kier molecular flexibility index (Phi) is 4.69. The summed E-state index contributed by atoms with van der Waals surface area (Å²) in [6.07, 6.45) is 4.01. The molecule has 6 heteroatoms. The Morgan fingerprint density at radius 2 is 2.06 bits per heavy atom. The first-order valence-corrected chi connectivity index (χ1v) is 6.66. The molecule has 0 bridgehead atoms. The molecule has 0 atom stereocenters. The van der Waals surface area contributed by atoms with Gasteiger partial charge in [-0.25, -0.2) is 0 Å². The molecule has 1 aromatic heterocycles. The summed E-state index contributed by atoms with van der Waals surface area (Å²) >= 11 is 0. The number of likely N-dealkylation sites (N-methyl/N-ethyl adjacent to an activating group) is 1. The third kappa shape index (κ3) is 3.53. The Labute approximate surface area is 108 Å². The molecule has 0 aromatic carbocycles. The second-order valence-electron chi connectivity index (χ2n) is 4.71. The van der Waals surface area contributed by atoms with Crippen LogP contribution in [0.1, 0.15) is 19.8 Å². The molecule has 1 saturated heterocycles. The third-order valence-electron chi connectivity index (χ3n) is 3.17. The van der Waals surface area contributed by atoms with E-state index < -0.39 is 0 Å². The van der Waals surface area contributed by atoms with Crippen LogP contribution in [0, 0.1) is 0 Å². The molecule has 0 spiro atoms. The highest BCUT2D eigenvalue weighted by atomic mass is 15.4. The Morgan fingerprint density at radius 3 is 2.78 bits per heavy atom. The van der Waals surface area contributed by atoms with Crippen molar-refractivity contribution in [1.82, 2.24) is 20.1 Å². The van der Waals surface area contributed by atoms with E-state index in [0.717, 1.165) is 50.9 Å². The minimum Gasteiger partial charge on any atom is -0.369 e. The van der Waals surface area contributed by atoms with E-state index in [2.05, 4.69) is 44.3 Å². The zero-order chi connectivity index (χ0) is 12.8. The monoisotopic (exact) mass is 250 g/mol. The number of hydrogen-bond acceptors (Lipinski definition) is 6. The number of aromatic nitrogens is 3. The Balaban J connectivity index is 1.94. The van der Waals surface area contributed by atoms with Gasteiger partial charge >= 0.3 is 0 Å². The smallest absolute Gasteiger partial charge is 0.247 e. The first kappa shape index (κ1) is 13.0. The molecule has 0 radical (unpaired) electrons. The zero-order valence-electron chi connectivity index (χ0n) is 11.3. The normalized spacial score (nSPS) is 16.9. The lowest BCUT2D eigenvalue weighted by atomic mass is 10.3. The topological polar surface area (TPSA) is 57.2 Å². The Morgan fingerprint density at radius 1 is 1.28 bits per heavy atom. The van der Waals surface area contributed by atoms with E-state index in [1.54, 1.807) is 6.20 Å². The van der Waals surface area contributed by atoms with Gasteiger partial charge in [-0.2, -0.15) is 10.1 Å². The van der Waals surface area contributed by atoms with Gasteiger partial charge < -0.3 is 15.1 Å². The van der Waals surface area contributed by atoms with Crippen LogP contribution in [0.4, 0.5) is 11.8 Å². The molecular weight excluding hydrogens is 228 g/mol. The van der Waals surface area contributed by atoms with Crippen molar-refractivity contribution in [2.45, 2.75) is 19.8 Å². The van der Waals surface area contributed by atoms with E-state index in [4.69, 9.17) is 0 Å². The quantitative estimate of drug-likeness (QED) is 0.781. The van der Waals surface area contributed by atoms with E-state index in [9.17, 15) is 0 Å². The summed E-state index contributed by atoms with van der Waals surface area (Å²) in [4.78, 5) is 9.02. The molecule has 0 aliphatic carbocycles. The van der Waals surface area contributed by atoms with Crippen molar-refractivity contribution in [2.75, 3.05) is 50.0 Å². The second-order valence-corrected chi connectivity index (χ2v) is 4.71. The van der Waals surface area contributed by atoms with E-state index in [-0.39, 0.29) is 0 Å². The van der Waals surface area contributed by atoms with Crippen molar-refractivity contribution in [3.05, 3.63) is 6.20 Å². The molecule has 1 fully saturated rings. The van der Waals surface area contributed by atoms with Crippen LogP contribution in [-0.2, 0) is 0 Å². The number of nitrogens with one attached hydrogen (secondary N) is 1. The van der Waals surface area contributed by atoms with Crippen molar-refractivity contribution < 1.29 is 0 Å². The fourth-order valence-corrected chi connectivity index (χ4v) is 1.91. The van der Waals surface area contributed by atoms with Crippen molar-refractivity contribution >= 4 is 11.8 Å². The maximum absolute atomic E-state index is 4.52. The summed E-state index contributed by atoms with van der Waals surface area (Å²) in [6, 6.07) is 0. The summed E-state index contributed by atoms with van der Waals surface area (Å²) in [5, 5.41) is 11.4. The van der Waals surface area contributed by atoms with Gasteiger partial charge in [0.05, 0.1) is 6.20 Å². The molecule has 18 heavy (non-hydrogen) atoms. The number of nitrogens with zero attached hydrogens (tertiary/aromatic N) is 5. The van der Waals surface area contributed by atoms with E-state index in [1.807, 2.05) is 0 Å². The number of hydrogen-bond donors (Lipinski definition) is 1. The molecule has 0 unspecified atom stereocenters. The SMILES string of the molecule is CCCCNc1cnnc(N2CCN(C)CC2)n1. The molecule has 100 valence electrons. The first-order chi connectivity index (χ1) is 8.79. The van der Waals surface area contributed by atoms with Gasteiger partial charge in [0.25, 0.3) is 0 Å². The van der Waals surface area contributed by atoms with Crippen LogP contribution >= 0.6 is 0 Å². The highest BCUT2D eigenvalue weighted by Gasteiger charge is 2.16. The van der Waals surface area contributed by atoms with Crippen LogP contribution in [0.5, 0.6) is 0 Å². The average Bonchev–Trinajstić information content (AvgIpc) is 2.40. The highest BCUT2D eigenvalue weighted by Crippen LogP contribution is 2.11. The summed E-state index contributed by atoms with van der Waals surface area (Å²) in [5.74, 6) is 1.57. The van der Waals surface area contributed by atoms with Gasteiger partial charge in [0.2, 0.25) is 5.95 Å². The summed E-state index contributed by atoms with van der Waals surface area (Å²) in [5.41, 5.74) is 0. The number of piperazine rings is 1. The predicted octanol–water partition coefficient (Wildman–Crippen LogP) is 0.835. The molecule has 0 saturated carbocycles. The third-order valence-corrected chi connectivity index (χ3v) is 3.17. The maximum atomic E-state index is 4.52. The van der Waals surface area contributed by atoms with E-state index in [0.29, 0.717) is 0 Å². The minimum atomic E-state index is 0.740. The highest BCUT2D eigenvalue weighted by molar-refractivity contribution is 5.39. The van der Waals surface area contributed by atoms with Gasteiger partial charge in [0.15, 0.2) is 5.82 Å². The second kappa shape index (κ2) is 6.49. The van der Waals surface area contributed by atoms with Gasteiger partial charge in [-0.3, -0.25) is 0 Å². The molecule has 1 aliphatic heterocycles. The Hall–Kier alpha value is -1.43. The summed E-state index contributed by atoms with van der Waals surface area (Å²) < 4.78 is 0.